The van der Waals surface area contributed by atoms with E-state index in [1.54, 1.807) is 18.2 Å². The summed E-state index contributed by atoms with van der Waals surface area (Å²) >= 11 is 0. The normalized spacial score (nSPS) is 41.5. The molecule has 0 spiro atoms. The van der Waals surface area contributed by atoms with Crippen molar-refractivity contribution in [3.05, 3.63) is 23.8 Å². The monoisotopic (exact) mass is 603 g/mol. The predicted octanol–water partition coefficient (Wildman–Crippen LogP) is 5.67. The number of fused-ring (bicyclic) bond motifs is 6. The van der Waals surface area contributed by atoms with Crippen LogP contribution >= 0.6 is 0 Å². The summed E-state index contributed by atoms with van der Waals surface area (Å²) in [5.41, 5.74) is 1.10. The number of hydrogen-bond donors (Lipinski definition) is 3. The molecule has 7 nitrogen and oxygen atoms in total. The van der Waals surface area contributed by atoms with Crippen LogP contribution in [-0.2, 0) is 21.2 Å². The van der Waals surface area contributed by atoms with Gasteiger partial charge in [-0.1, -0.05) is 20.8 Å². The molecule has 1 aliphatic heterocycles. The van der Waals surface area contributed by atoms with Crippen LogP contribution in [0.3, 0.4) is 0 Å². The lowest BCUT2D eigenvalue weighted by molar-refractivity contribution is -0.175. The first-order valence-electron chi connectivity index (χ1n) is 16.5. The summed E-state index contributed by atoms with van der Waals surface area (Å²) in [6.07, 6.45) is 9.45. The third kappa shape index (κ3) is 5.35. The van der Waals surface area contributed by atoms with Gasteiger partial charge in [-0.2, -0.15) is 4.72 Å². The Morgan fingerprint density at radius 3 is 2.52 bits per heavy atom. The highest BCUT2D eigenvalue weighted by Gasteiger charge is 2.62. The molecule has 8 heteroatoms. The molecule has 1 aromatic carbocycles. The van der Waals surface area contributed by atoms with Crippen molar-refractivity contribution in [3.8, 4) is 5.75 Å². The number of nitrogens with one attached hydrogen (secondary N) is 1. The van der Waals surface area contributed by atoms with Crippen LogP contribution in [0.2, 0.25) is 0 Å². The van der Waals surface area contributed by atoms with Crippen LogP contribution in [0.1, 0.15) is 98.0 Å². The van der Waals surface area contributed by atoms with Crippen LogP contribution in [0, 0.1) is 46.3 Å². The maximum atomic E-state index is 13.0. The molecule has 4 saturated carbocycles. The van der Waals surface area contributed by atoms with Gasteiger partial charge in [0.25, 0.3) is 0 Å². The van der Waals surface area contributed by atoms with E-state index < -0.39 is 10.0 Å². The fourth-order valence-electron chi connectivity index (χ4n) is 10.5. The maximum Gasteiger partial charge on any atom is 0.242 e. The van der Waals surface area contributed by atoms with E-state index in [2.05, 4.69) is 39.3 Å². The summed E-state index contributed by atoms with van der Waals surface area (Å²) < 4.78 is 40.7. The highest BCUT2D eigenvalue weighted by Crippen LogP contribution is 2.68. The summed E-state index contributed by atoms with van der Waals surface area (Å²) in [5, 5.41) is 21.8. The number of aliphatic hydroxyl groups is 2. The summed E-state index contributed by atoms with van der Waals surface area (Å²) in [7, 11) is -3.68. The minimum absolute atomic E-state index is 0.0465. The molecule has 0 saturated heterocycles. The van der Waals surface area contributed by atoms with E-state index in [4.69, 9.17) is 9.47 Å². The Balaban J connectivity index is 1.05. The number of hydrogen-bond acceptors (Lipinski definition) is 6. The van der Waals surface area contributed by atoms with Crippen LogP contribution in [0.4, 0.5) is 0 Å². The Labute approximate surface area is 253 Å². The molecule has 4 aliphatic carbocycles. The summed E-state index contributed by atoms with van der Waals surface area (Å²) in [6.45, 7) is 11.7. The molecule has 1 heterocycles. The van der Waals surface area contributed by atoms with Gasteiger partial charge in [-0.25, -0.2) is 8.42 Å². The largest absolute Gasteiger partial charge is 0.488 e. The van der Waals surface area contributed by atoms with Gasteiger partial charge in [-0.15, -0.1) is 0 Å². The van der Waals surface area contributed by atoms with Crippen LogP contribution < -0.4 is 9.46 Å². The van der Waals surface area contributed by atoms with E-state index in [9.17, 15) is 18.6 Å². The topological polar surface area (TPSA) is 105 Å². The van der Waals surface area contributed by atoms with Gasteiger partial charge in [-0.3, -0.25) is 0 Å². The molecule has 4 fully saturated rings. The van der Waals surface area contributed by atoms with Crippen LogP contribution in [-0.4, -0.2) is 49.8 Å². The highest BCUT2D eigenvalue weighted by atomic mass is 32.2. The van der Waals surface area contributed by atoms with E-state index in [1.165, 1.54) is 6.42 Å². The molecular formula is C34H53NO6S. The fraction of sp³-hybridized carbons (Fsp3) is 0.824. The second kappa shape index (κ2) is 11.0. The molecule has 42 heavy (non-hydrogen) atoms. The average Bonchev–Trinajstić information content (AvgIpc) is 3.28. The molecule has 0 unspecified atom stereocenters. The van der Waals surface area contributed by atoms with E-state index in [0.717, 1.165) is 69.1 Å². The zero-order valence-corrected chi connectivity index (χ0v) is 27.1. The lowest BCUT2D eigenvalue weighted by atomic mass is 9.43. The second-order valence-corrected chi connectivity index (χ2v) is 17.5. The third-order valence-corrected chi connectivity index (χ3v) is 14.2. The van der Waals surface area contributed by atoms with Crippen molar-refractivity contribution in [2.24, 2.45) is 46.3 Å². The number of aryl methyl sites for hydroxylation is 1. The lowest BCUT2D eigenvalue weighted by Crippen LogP contribution is -2.58. The van der Waals surface area contributed by atoms with E-state index in [1.807, 2.05) is 0 Å². The number of rotatable bonds is 7. The molecule has 0 bridgehead atoms. The molecule has 6 rings (SSSR count). The Kier molecular flexibility index (Phi) is 8.08. The number of sulfonamides is 1. The third-order valence-electron chi connectivity index (χ3n) is 12.9. The SMILES string of the molecule is C[C@H](COCNS(=O)(=O)c1ccc2c(c1)CCC(C)(C)O2)[C@H]1CC[C@H]2[C@@H]3[C@H](O)C[C@@H]4C[C@H](O)CC[C@]4(C)[C@H]3CC[C@]12C. The van der Waals surface area contributed by atoms with Gasteiger partial charge in [0.15, 0.2) is 0 Å². The molecule has 10 atom stereocenters. The Morgan fingerprint density at radius 2 is 1.74 bits per heavy atom. The molecule has 236 valence electrons. The first-order valence-corrected chi connectivity index (χ1v) is 18.0. The number of ether oxygens (including phenoxy) is 2. The van der Waals surface area contributed by atoms with E-state index in [0.29, 0.717) is 42.1 Å². The van der Waals surface area contributed by atoms with Gasteiger partial charge in [0.2, 0.25) is 10.0 Å². The zero-order chi connectivity index (χ0) is 30.1. The highest BCUT2D eigenvalue weighted by molar-refractivity contribution is 7.89. The van der Waals surface area contributed by atoms with Gasteiger partial charge in [-0.05, 0) is 148 Å². The van der Waals surface area contributed by atoms with Crippen LogP contribution in [0.5, 0.6) is 5.75 Å². The van der Waals surface area contributed by atoms with Gasteiger partial charge in [0.05, 0.1) is 23.7 Å². The van der Waals surface area contributed by atoms with Crippen molar-refractivity contribution in [2.75, 3.05) is 13.3 Å². The number of aliphatic hydroxyl groups excluding tert-OH is 2. The number of benzene rings is 1. The molecule has 0 radical (unpaired) electrons. The quantitative estimate of drug-likeness (QED) is 0.274. The van der Waals surface area contributed by atoms with Crippen molar-refractivity contribution >= 4 is 10.0 Å². The minimum Gasteiger partial charge on any atom is -0.488 e. The van der Waals surface area contributed by atoms with Crippen molar-refractivity contribution in [3.63, 3.8) is 0 Å². The predicted molar refractivity (Wildman–Crippen MR) is 162 cm³/mol. The standard InChI is InChI=1S/C34H53NO6S/c1-21(19-40-20-35-42(38,39)25-6-9-30-22(16-25)10-13-32(2,3)41-30)26-7-8-27-31-28(12-15-34(26,27)5)33(4)14-11-24(36)17-23(33)18-29(31)37/h6,9,16,21,23-24,26-29,31,35-37H,7-8,10-15,17-20H2,1-5H3/t21-,23+,24-,26-,27+,28+,29-,31+,33+,34-/m1/s1. The minimum atomic E-state index is -3.68. The van der Waals surface area contributed by atoms with E-state index >= 15 is 0 Å². The molecule has 5 aliphatic rings. The fourth-order valence-corrected chi connectivity index (χ4v) is 11.5. The second-order valence-electron chi connectivity index (χ2n) is 15.7. The Morgan fingerprint density at radius 1 is 1.00 bits per heavy atom. The first-order chi connectivity index (χ1) is 19.7. The van der Waals surface area contributed by atoms with Gasteiger partial charge < -0.3 is 19.7 Å². The Hall–Kier alpha value is -1.19. The molecular weight excluding hydrogens is 550 g/mol. The lowest BCUT2D eigenvalue weighted by Gasteiger charge is -2.62. The van der Waals surface area contributed by atoms with Crippen LogP contribution in [0.15, 0.2) is 23.1 Å². The Bertz CT molecular complexity index is 1270. The van der Waals surface area contributed by atoms with Gasteiger partial charge >= 0.3 is 0 Å². The van der Waals surface area contributed by atoms with Crippen molar-refractivity contribution in [1.29, 1.82) is 0 Å². The van der Waals surface area contributed by atoms with Gasteiger partial charge in [0.1, 0.15) is 18.1 Å². The van der Waals surface area contributed by atoms with Crippen molar-refractivity contribution in [1.82, 2.24) is 4.72 Å². The molecule has 0 amide bonds. The maximum absolute atomic E-state index is 13.0. The summed E-state index contributed by atoms with van der Waals surface area (Å²) in [5.74, 6) is 3.39. The van der Waals surface area contributed by atoms with Gasteiger partial charge in [0, 0.05) is 0 Å². The summed E-state index contributed by atoms with van der Waals surface area (Å²) in [4.78, 5) is 0.249. The van der Waals surface area contributed by atoms with Crippen LogP contribution in [0.25, 0.3) is 0 Å². The molecule has 0 aromatic heterocycles. The summed E-state index contributed by atoms with van der Waals surface area (Å²) in [6, 6.07) is 5.10. The zero-order valence-electron chi connectivity index (χ0n) is 26.3. The smallest absolute Gasteiger partial charge is 0.242 e. The molecule has 3 N–H and O–H groups in total. The average molecular weight is 604 g/mol. The van der Waals surface area contributed by atoms with Crippen molar-refractivity contribution < 1.29 is 28.1 Å². The van der Waals surface area contributed by atoms with Crippen molar-refractivity contribution in [2.45, 2.75) is 122 Å². The first kappa shape index (κ1) is 30.8. The van der Waals surface area contributed by atoms with E-state index in [-0.39, 0.29) is 40.3 Å². The molecule has 1 aromatic rings.